The molecule has 0 fully saturated rings. The summed E-state index contributed by atoms with van der Waals surface area (Å²) in [6, 6.07) is 14.0. The number of pyridine rings is 1. The molecule has 2 aromatic heterocycles. The SMILES string of the molecule is COc1ccc(-n2nc(C#N)cc2-c2ccc(OCCNC(N)=O)cc2)cn1. The van der Waals surface area contributed by atoms with Gasteiger partial charge in [0.2, 0.25) is 5.88 Å². The van der Waals surface area contributed by atoms with E-state index in [9.17, 15) is 10.1 Å². The minimum atomic E-state index is -0.589. The maximum atomic E-state index is 10.6. The minimum Gasteiger partial charge on any atom is -0.492 e. The summed E-state index contributed by atoms with van der Waals surface area (Å²) in [6.07, 6.45) is 1.62. The number of hydrogen-bond donors (Lipinski definition) is 2. The molecule has 9 nitrogen and oxygen atoms in total. The fraction of sp³-hybridized carbons (Fsp3) is 0.158. The Hall–Kier alpha value is -4.06. The van der Waals surface area contributed by atoms with E-state index in [0.717, 1.165) is 11.3 Å². The number of carbonyl (C=O) groups is 1. The normalized spacial score (nSPS) is 10.1. The van der Waals surface area contributed by atoms with Gasteiger partial charge in [0.25, 0.3) is 0 Å². The van der Waals surface area contributed by atoms with Crippen molar-refractivity contribution in [1.82, 2.24) is 20.1 Å². The van der Waals surface area contributed by atoms with Gasteiger partial charge in [0.05, 0.1) is 31.2 Å². The van der Waals surface area contributed by atoms with Gasteiger partial charge in [0, 0.05) is 17.7 Å². The third kappa shape index (κ3) is 4.37. The maximum Gasteiger partial charge on any atom is 0.312 e. The number of methoxy groups -OCH3 is 1. The van der Waals surface area contributed by atoms with Crippen molar-refractivity contribution in [3.63, 3.8) is 0 Å². The van der Waals surface area contributed by atoms with Crippen LogP contribution in [-0.4, -0.2) is 41.1 Å². The smallest absolute Gasteiger partial charge is 0.312 e. The monoisotopic (exact) mass is 378 g/mol. The summed E-state index contributed by atoms with van der Waals surface area (Å²) in [5.41, 5.74) is 7.59. The first-order valence-electron chi connectivity index (χ1n) is 8.38. The van der Waals surface area contributed by atoms with Crippen molar-refractivity contribution in [2.45, 2.75) is 0 Å². The Morgan fingerprint density at radius 2 is 2.07 bits per heavy atom. The molecule has 2 amide bonds. The Morgan fingerprint density at radius 3 is 2.68 bits per heavy atom. The molecule has 0 saturated heterocycles. The van der Waals surface area contributed by atoms with Gasteiger partial charge in [-0.1, -0.05) is 0 Å². The molecule has 0 radical (unpaired) electrons. The number of benzene rings is 1. The van der Waals surface area contributed by atoms with Crippen LogP contribution in [0.3, 0.4) is 0 Å². The molecule has 0 saturated carbocycles. The number of nitrogens with two attached hydrogens (primary N) is 1. The lowest BCUT2D eigenvalue weighted by Crippen LogP contribution is -2.32. The number of hydrogen-bond acceptors (Lipinski definition) is 6. The molecule has 0 spiro atoms. The lowest BCUT2D eigenvalue weighted by Gasteiger charge is -2.10. The van der Waals surface area contributed by atoms with E-state index in [1.165, 1.54) is 0 Å². The zero-order chi connectivity index (χ0) is 19.9. The second-order valence-electron chi connectivity index (χ2n) is 5.66. The van der Waals surface area contributed by atoms with Gasteiger partial charge in [0.1, 0.15) is 18.4 Å². The van der Waals surface area contributed by atoms with Crippen LogP contribution in [0.2, 0.25) is 0 Å². The second-order valence-corrected chi connectivity index (χ2v) is 5.66. The van der Waals surface area contributed by atoms with Crippen LogP contribution in [-0.2, 0) is 0 Å². The van der Waals surface area contributed by atoms with E-state index in [2.05, 4.69) is 21.5 Å². The molecule has 3 N–H and O–H groups in total. The highest BCUT2D eigenvalue weighted by atomic mass is 16.5. The van der Waals surface area contributed by atoms with Crippen molar-refractivity contribution < 1.29 is 14.3 Å². The molecule has 0 bridgehead atoms. The quantitative estimate of drug-likeness (QED) is 0.604. The lowest BCUT2D eigenvalue weighted by molar-refractivity contribution is 0.244. The van der Waals surface area contributed by atoms with Crippen molar-refractivity contribution in [3.05, 3.63) is 54.4 Å². The number of primary amides is 1. The topological polar surface area (TPSA) is 128 Å². The van der Waals surface area contributed by atoms with Gasteiger partial charge >= 0.3 is 6.03 Å². The number of carbonyl (C=O) groups excluding carboxylic acids is 1. The molecule has 9 heteroatoms. The van der Waals surface area contributed by atoms with Crippen LogP contribution in [0, 0.1) is 11.3 Å². The molecule has 0 aliphatic heterocycles. The van der Waals surface area contributed by atoms with Gasteiger partial charge in [-0.05, 0) is 30.3 Å². The summed E-state index contributed by atoms with van der Waals surface area (Å²) < 4.78 is 12.3. The Balaban J connectivity index is 1.81. The summed E-state index contributed by atoms with van der Waals surface area (Å²) in [5, 5.41) is 16.0. The van der Waals surface area contributed by atoms with Gasteiger partial charge in [-0.25, -0.2) is 14.5 Å². The predicted molar refractivity (Wildman–Crippen MR) is 101 cm³/mol. The first-order valence-corrected chi connectivity index (χ1v) is 8.38. The zero-order valence-corrected chi connectivity index (χ0v) is 15.1. The highest BCUT2D eigenvalue weighted by Gasteiger charge is 2.12. The average molecular weight is 378 g/mol. The van der Waals surface area contributed by atoms with Crippen molar-refractivity contribution in [1.29, 1.82) is 5.26 Å². The maximum absolute atomic E-state index is 10.6. The highest BCUT2D eigenvalue weighted by molar-refractivity contribution is 5.71. The van der Waals surface area contributed by atoms with Crippen LogP contribution in [0.4, 0.5) is 4.79 Å². The van der Waals surface area contributed by atoms with Crippen molar-refractivity contribution in [3.8, 4) is 34.6 Å². The van der Waals surface area contributed by atoms with Crippen LogP contribution in [0.25, 0.3) is 16.9 Å². The van der Waals surface area contributed by atoms with E-state index in [0.29, 0.717) is 36.2 Å². The van der Waals surface area contributed by atoms with Gasteiger partial charge in [-0.3, -0.25) is 0 Å². The van der Waals surface area contributed by atoms with Gasteiger partial charge in [-0.15, -0.1) is 0 Å². The molecular formula is C19H18N6O3. The molecule has 0 aliphatic rings. The van der Waals surface area contributed by atoms with Crippen LogP contribution in [0.5, 0.6) is 11.6 Å². The number of ether oxygens (including phenoxy) is 2. The van der Waals surface area contributed by atoms with Crippen molar-refractivity contribution in [2.24, 2.45) is 5.73 Å². The molecule has 2 heterocycles. The molecule has 0 unspecified atom stereocenters. The summed E-state index contributed by atoms with van der Waals surface area (Å²) >= 11 is 0. The second kappa shape index (κ2) is 8.55. The predicted octanol–water partition coefficient (Wildman–Crippen LogP) is 1.86. The van der Waals surface area contributed by atoms with Crippen LogP contribution < -0.4 is 20.5 Å². The van der Waals surface area contributed by atoms with Gasteiger partial charge < -0.3 is 20.5 Å². The molecule has 3 aromatic rings. The fourth-order valence-corrected chi connectivity index (χ4v) is 2.52. The first kappa shape index (κ1) is 18.7. The number of rotatable bonds is 7. The molecule has 1 aromatic carbocycles. The van der Waals surface area contributed by atoms with Crippen LogP contribution >= 0.6 is 0 Å². The Labute approximate surface area is 161 Å². The Morgan fingerprint density at radius 1 is 1.29 bits per heavy atom. The molecular weight excluding hydrogens is 360 g/mol. The average Bonchev–Trinajstić information content (AvgIpc) is 3.16. The summed E-state index contributed by atoms with van der Waals surface area (Å²) in [4.78, 5) is 14.8. The largest absolute Gasteiger partial charge is 0.492 e. The van der Waals surface area contributed by atoms with E-state index in [1.54, 1.807) is 42.3 Å². The summed E-state index contributed by atoms with van der Waals surface area (Å²) in [7, 11) is 1.54. The number of nitrogens with zero attached hydrogens (tertiary/aromatic N) is 4. The molecule has 28 heavy (non-hydrogen) atoms. The number of nitrogens with one attached hydrogen (secondary N) is 1. The van der Waals surface area contributed by atoms with Crippen molar-refractivity contribution >= 4 is 6.03 Å². The van der Waals surface area contributed by atoms with Crippen LogP contribution in [0.1, 0.15) is 5.69 Å². The summed E-state index contributed by atoms with van der Waals surface area (Å²) in [5.74, 6) is 1.14. The highest BCUT2D eigenvalue weighted by Crippen LogP contribution is 2.26. The third-order valence-electron chi connectivity index (χ3n) is 3.82. The standard InChI is InChI=1S/C19H18N6O3/c1-27-18-7-4-15(12-23-18)25-17(10-14(11-20)24-25)13-2-5-16(6-3-13)28-9-8-22-19(21)26/h2-7,10,12H,8-9H2,1H3,(H3,21,22,26). The molecule has 3 rings (SSSR count). The number of amides is 2. The third-order valence-corrected chi connectivity index (χ3v) is 3.82. The molecule has 0 atom stereocenters. The Bertz CT molecular complexity index is 990. The Kier molecular flexibility index (Phi) is 5.72. The minimum absolute atomic E-state index is 0.295. The first-order chi connectivity index (χ1) is 13.6. The number of urea groups is 1. The molecule has 142 valence electrons. The van der Waals surface area contributed by atoms with E-state index in [1.807, 2.05) is 18.2 Å². The van der Waals surface area contributed by atoms with E-state index >= 15 is 0 Å². The molecule has 0 aliphatic carbocycles. The van der Waals surface area contributed by atoms with Crippen molar-refractivity contribution in [2.75, 3.05) is 20.3 Å². The number of nitriles is 1. The van der Waals surface area contributed by atoms with Crippen LogP contribution in [0.15, 0.2) is 48.7 Å². The van der Waals surface area contributed by atoms with E-state index in [4.69, 9.17) is 15.2 Å². The van der Waals surface area contributed by atoms with Gasteiger partial charge in [0.15, 0.2) is 5.69 Å². The lowest BCUT2D eigenvalue weighted by atomic mass is 10.1. The number of aromatic nitrogens is 3. The van der Waals surface area contributed by atoms with E-state index < -0.39 is 6.03 Å². The van der Waals surface area contributed by atoms with Gasteiger partial charge in [-0.2, -0.15) is 10.4 Å². The fourth-order valence-electron chi connectivity index (χ4n) is 2.52. The summed E-state index contributed by atoms with van der Waals surface area (Å²) in [6.45, 7) is 0.621. The zero-order valence-electron chi connectivity index (χ0n) is 15.1. The van der Waals surface area contributed by atoms with E-state index in [-0.39, 0.29) is 0 Å².